The Labute approximate surface area is 81.0 Å². The molecule has 0 atom stereocenters. The van der Waals surface area contributed by atoms with Crippen molar-refractivity contribution < 1.29 is 8.42 Å². The van der Waals surface area contributed by atoms with Crippen LogP contribution in [0.25, 0.3) is 0 Å². The molecule has 77 valence electrons. The Morgan fingerprint density at radius 1 is 1.15 bits per heavy atom. The minimum atomic E-state index is -2.70. The summed E-state index contributed by atoms with van der Waals surface area (Å²) in [7, 11) is -2.70. The molecule has 0 bridgehead atoms. The van der Waals surface area contributed by atoms with Gasteiger partial charge in [0.05, 0.1) is 11.5 Å². The lowest BCUT2D eigenvalue weighted by Crippen LogP contribution is -2.40. The maximum absolute atomic E-state index is 11.1. The van der Waals surface area contributed by atoms with Gasteiger partial charge < -0.3 is 4.90 Å². The van der Waals surface area contributed by atoms with Gasteiger partial charge in [0.2, 0.25) is 0 Å². The van der Waals surface area contributed by atoms with Crippen LogP contribution in [0.2, 0.25) is 0 Å². The Morgan fingerprint density at radius 2 is 1.77 bits per heavy atom. The molecule has 0 unspecified atom stereocenters. The molecular weight excluding hydrogens is 186 g/mol. The highest BCUT2D eigenvalue weighted by molar-refractivity contribution is 7.91. The predicted octanol–water partition coefficient (Wildman–Crippen LogP) is 0.721. The van der Waals surface area contributed by atoms with Crippen LogP contribution in [-0.2, 0) is 9.84 Å². The Hall–Kier alpha value is -0.0900. The second-order valence-corrected chi connectivity index (χ2v) is 5.86. The van der Waals surface area contributed by atoms with E-state index in [0.717, 1.165) is 38.9 Å². The van der Waals surface area contributed by atoms with Gasteiger partial charge in [-0.3, -0.25) is 0 Å². The summed E-state index contributed by atoms with van der Waals surface area (Å²) in [6.07, 6.45) is 3.26. The van der Waals surface area contributed by atoms with Gasteiger partial charge >= 0.3 is 0 Å². The van der Waals surface area contributed by atoms with Crippen molar-refractivity contribution in [2.24, 2.45) is 0 Å². The number of hydrogen-bond acceptors (Lipinski definition) is 3. The van der Waals surface area contributed by atoms with Gasteiger partial charge in [-0.25, -0.2) is 8.42 Å². The van der Waals surface area contributed by atoms with Crippen molar-refractivity contribution in [3.05, 3.63) is 6.92 Å². The van der Waals surface area contributed by atoms with Crippen LogP contribution in [0.4, 0.5) is 0 Å². The summed E-state index contributed by atoms with van der Waals surface area (Å²) < 4.78 is 22.2. The van der Waals surface area contributed by atoms with Gasteiger partial charge in [-0.15, -0.1) is 0 Å². The average molecular weight is 204 g/mol. The molecule has 1 fully saturated rings. The second kappa shape index (κ2) is 4.96. The Balaban J connectivity index is 2.18. The van der Waals surface area contributed by atoms with Gasteiger partial charge in [-0.05, 0) is 13.0 Å². The van der Waals surface area contributed by atoms with E-state index < -0.39 is 9.84 Å². The second-order valence-electron chi connectivity index (χ2n) is 3.55. The Morgan fingerprint density at radius 3 is 2.31 bits per heavy atom. The monoisotopic (exact) mass is 204 g/mol. The normalized spacial score (nSPS) is 23.2. The Bertz CT molecular complexity index is 222. The summed E-state index contributed by atoms with van der Waals surface area (Å²) in [6.45, 7) is 6.25. The van der Waals surface area contributed by atoms with E-state index in [4.69, 9.17) is 0 Å². The third-order valence-corrected chi connectivity index (χ3v) is 4.02. The molecule has 0 aliphatic carbocycles. The molecule has 1 aliphatic heterocycles. The highest BCUT2D eigenvalue weighted by atomic mass is 32.2. The highest BCUT2D eigenvalue weighted by Crippen LogP contribution is 2.05. The fraction of sp³-hybridized carbons (Fsp3) is 0.889. The van der Waals surface area contributed by atoms with E-state index in [-0.39, 0.29) is 0 Å². The number of unbranched alkanes of at least 4 members (excludes halogenated alkanes) is 2. The first-order valence-electron chi connectivity index (χ1n) is 4.86. The van der Waals surface area contributed by atoms with Crippen molar-refractivity contribution in [2.45, 2.75) is 19.3 Å². The fourth-order valence-electron chi connectivity index (χ4n) is 1.49. The van der Waals surface area contributed by atoms with Crippen molar-refractivity contribution >= 4 is 9.84 Å². The molecule has 1 rings (SSSR count). The van der Waals surface area contributed by atoms with Gasteiger partial charge in [-0.1, -0.05) is 19.8 Å². The first-order valence-corrected chi connectivity index (χ1v) is 6.68. The zero-order valence-electron chi connectivity index (χ0n) is 8.04. The zero-order valence-corrected chi connectivity index (χ0v) is 8.85. The number of hydrogen-bond donors (Lipinski definition) is 0. The minimum Gasteiger partial charge on any atom is -0.301 e. The van der Waals surface area contributed by atoms with Crippen LogP contribution in [0.3, 0.4) is 0 Å². The molecule has 0 aromatic rings. The van der Waals surface area contributed by atoms with Gasteiger partial charge in [-0.2, -0.15) is 0 Å². The molecule has 0 amide bonds. The third kappa shape index (κ3) is 4.09. The molecular formula is C9H18NO2S. The van der Waals surface area contributed by atoms with Gasteiger partial charge in [0, 0.05) is 13.1 Å². The molecule has 0 aromatic carbocycles. The van der Waals surface area contributed by atoms with E-state index in [0.29, 0.717) is 11.5 Å². The van der Waals surface area contributed by atoms with E-state index in [1.807, 2.05) is 0 Å². The van der Waals surface area contributed by atoms with Crippen molar-refractivity contribution in [3.8, 4) is 0 Å². The molecule has 0 N–H and O–H groups in total. The molecule has 0 saturated carbocycles. The van der Waals surface area contributed by atoms with Crippen LogP contribution in [-0.4, -0.2) is 44.5 Å². The van der Waals surface area contributed by atoms with E-state index in [9.17, 15) is 8.42 Å². The quantitative estimate of drug-likeness (QED) is 0.633. The topological polar surface area (TPSA) is 37.4 Å². The smallest absolute Gasteiger partial charge is 0.152 e. The molecule has 1 aliphatic rings. The van der Waals surface area contributed by atoms with E-state index in [1.165, 1.54) is 0 Å². The van der Waals surface area contributed by atoms with E-state index >= 15 is 0 Å². The molecule has 1 radical (unpaired) electrons. The van der Waals surface area contributed by atoms with Crippen LogP contribution in [0.5, 0.6) is 0 Å². The summed E-state index contributed by atoms with van der Waals surface area (Å²) in [6, 6.07) is 0. The SMILES string of the molecule is [CH2]CCCCN1CCS(=O)(=O)CC1. The largest absolute Gasteiger partial charge is 0.301 e. The molecule has 0 aromatic heterocycles. The number of rotatable bonds is 4. The van der Waals surface area contributed by atoms with Gasteiger partial charge in [0.1, 0.15) is 0 Å². The molecule has 1 saturated heterocycles. The average Bonchev–Trinajstić information content (AvgIpc) is 2.08. The molecule has 4 heteroatoms. The molecule has 0 spiro atoms. The summed E-state index contributed by atoms with van der Waals surface area (Å²) in [5.74, 6) is 0.689. The summed E-state index contributed by atoms with van der Waals surface area (Å²) in [5.41, 5.74) is 0. The first kappa shape index (κ1) is 11.0. The maximum Gasteiger partial charge on any atom is 0.152 e. The van der Waals surface area contributed by atoms with Gasteiger partial charge in [0.25, 0.3) is 0 Å². The lowest BCUT2D eigenvalue weighted by molar-refractivity contribution is 0.289. The summed E-state index contributed by atoms with van der Waals surface area (Å²) in [4.78, 5) is 2.23. The number of nitrogens with zero attached hydrogens (tertiary/aromatic N) is 1. The van der Waals surface area contributed by atoms with Crippen LogP contribution in [0.1, 0.15) is 19.3 Å². The van der Waals surface area contributed by atoms with Gasteiger partial charge in [0.15, 0.2) is 9.84 Å². The standard InChI is InChI=1S/C9H18NO2S/c1-2-3-4-5-10-6-8-13(11,12)9-7-10/h1-9H2. The van der Waals surface area contributed by atoms with Crippen LogP contribution in [0, 0.1) is 6.92 Å². The maximum atomic E-state index is 11.1. The van der Waals surface area contributed by atoms with Crippen LogP contribution < -0.4 is 0 Å². The van der Waals surface area contributed by atoms with Crippen LogP contribution >= 0.6 is 0 Å². The van der Waals surface area contributed by atoms with Crippen LogP contribution in [0.15, 0.2) is 0 Å². The van der Waals surface area contributed by atoms with Crippen molar-refractivity contribution in [2.75, 3.05) is 31.1 Å². The van der Waals surface area contributed by atoms with Crippen molar-refractivity contribution in [1.29, 1.82) is 0 Å². The lowest BCUT2D eigenvalue weighted by Gasteiger charge is -2.26. The summed E-state index contributed by atoms with van der Waals surface area (Å²) in [5, 5.41) is 0. The predicted molar refractivity (Wildman–Crippen MR) is 54.3 cm³/mol. The fourth-order valence-corrected chi connectivity index (χ4v) is 2.76. The zero-order chi connectivity index (χ0) is 9.73. The van der Waals surface area contributed by atoms with Crippen molar-refractivity contribution in [1.82, 2.24) is 4.90 Å². The number of sulfone groups is 1. The third-order valence-electron chi connectivity index (χ3n) is 2.41. The van der Waals surface area contributed by atoms with E-state index in [2.05, 4.69) is 11.8 Å². The Kier molecular flexibility index (Phi) is 4.19. The van der Waals surface area contributed by atoms with E-state index in [1.54, 1.807) is 0 Å². The van der Waals surface area contributed by atoms with Crippen molar-refractivity contribution in [3.63, 3.8) is 0 Å². The molecule has 1 heterocycles. The molecule has 3 nitrogen and oxygen atoms in total. The minimum absolute atomic E-state index is 0.345. The first-order chi connectivity index (χ1) is 6.14. The lowest BCUT2D eigenvalue weighted by atomic mass is 10.2. The summed E-state index contributed by atoms with van der Waals surface area (Å²) >= 11 is 0. The molecule has 13 heavy (non-hydrogen) atoms. The highest BCUT2D eigenvalue weighted by Gasteiger charge is 2.20.